The fourth-order valence-electron chi connectivity index (χ4n) is 1.72. The molecule has 0 radical (unpaired) electrons. The van der Waals surface area contributed by atoms with Crippen molar-refractivity contribution in [3.63, 3.8) is 0 Å². The van der Waals surface area contributed by atoms with Crippen LogP contribution in [0.15, 0.2) is 0 Å². The third-order valence-electron chi connectivity index (χ3n) is 2.69. The lowest BCUT2D eigenvalue weighted by Gasteiger charge is -2.31. The summed E-state index contributed by atoms with van der Waals surface area (Å²) >= 11 is 0. The van der Waals surface area contributed by atoms with Crippen LogP contribution in [0.4, 0.5) is 0 Å². The van der Waals surface area contributed by atoms with E-state index in [4.69, 9.17) is 10.5 Å². The van der Waals surface area contributed by atoms with Crippen LogP contribution in [-0.2, 0) is 14.3 Å². The minimum atomic E-state index is -0.311. The van der Waals surface area contributed by atoms with Crippen LogP contribution in [0.1, 0.15) is 12.8 Å². The molecule has 0 spiro atoms. The van der Waals surface area contributed by atoms with Crippen LogP contribution in [0.25, 0.3) is 0 Å². The molecule has 1 aliphatic rings. The first-order chi connectivity index (χ1) is 7.67. The number of carbonyl (C=O) groups is 2. The van der Waals surface area contributed by atoms with E-state index in [1.54, 1.807) is 12.0 Å². The highest BCUT2D eigenvalue weighted by molar-refractivity contribution is 5.85. The van der Waals surface area contributed by atoms with Gasteiger partial charge in [0.15, 0.2) is 0 Å². The minimum absolute atomic E-state index is 0.0203. The number of carbonyl (C=O) groups excluding carboxylic acids is 2. The fourth-order valence-corrected chi connectivity index (χ4v) is 1.72. The summed E-state index contributed by atoms with van der Waals surface area (Å²) in [5.41, 5.74) is 5.12. The van der Waals surface area contributed by atoms with E-state index >= 15 is 0 Å². The molecular formula is C10H19N3O3. The molecule has 1 heterocycles. The Morgan fingerprint density at radius 2 is 2.31 bits per heavy atom. The zero-order valence-electron chi connectivity index (χ0n) is 9.57. The van der Waals surface area contributed by atoms with Gasteiger partial charge in [-0.3, -0.25) is 9.59 Å². The lowest BCUT2D eigenvalue weighted by Crippen LogP contribution is -2.47. The summed E-state index contributed by atoms with van der Waals surface area (Å²) < 4.78 is 5.22. The molecule has 2 amide bonds. The molecule has 0 saturated carbocycles. The normalized spacial score (nSPS) is 20.6. The van der Waals surface area contributed by atoms with Crippen molar-refractivity contribution in [2.45, 2.75) is 18.9 Å². The molecule has 0 aromatic rings. The largest absolute Gasteiger partial charge is 0.380 e. The molecule has 1 aliphatic heterocycles. The van der Waals surface area contributed by atoms with E-state index < -0.39 is 0 Å². The van der Waals surface area contributed by atoms with Gasteiger partial charge in [-0.15, -0.1) is 0 Å². The van der Waals surface area contributed by atoms with Crippen LogP contribution >= 0.6 is 0 Å². The maximum atomic E-state index is 11.7. The zero-order valence-corrected chi connectivity index (χ0v) is 9.57. The molecule has 0 aliphatic carbocycles. The first kappa shape index (κ1) is 12.9. The maximum Gasteiger partial charge on any atom is 0.242 e. The third kappa shape index (κ3) is 3.79. The number of nitrogens with two attached hydrogens (primary N) is 1. The molecule has 16 heavy (non-hydrogen) atoms. The van der Waals surface area contributed by atoms with Crippen molar-refractivity contribution >= 4 is 11.8 Å². The summed E-state index contributed by atoms with van der Waals surface area (Å²) in [5, 5.41) is 2.47. The van der Waals surface area contributed by atoms with Crippen LogP contribution in [0.5, 0.6) is 0 Å². The number of nitrogens with one attached hydrogen (secondary N) is 1. The van der Waals surface area contributed by atoms with E-state index in [0.717, 1.165) is 19.4 Å². The number of methoxy groups -OCH3 is 1. The second-order valence-electron chi connectivity index (χ2n) is 3.82. The summed E-state index contributed by atoms with van der Waals surface area (Å²) in [6.07, 6.45) is 2.03. The van der Waals surface area contributed by atoms with Gasteiger partial charge in [-0.2, -0.15) is 0 Å². The predicted molar refractivity (Wildman–Crippen MR) is 58.7 cm³/mol. The third-order valence-corrected chi connectivity index (χ3v) is 2.69. The van der Waals surface area contributed by atoms with Crippen molar-refractivity contribution in [3.8, 4) is 0 Å². The summed E-state index contributed by atoms with van der Waals surface area (Å²) in [6, 6.07) is 0. The van der Waals surface area contributed by atoms with Crippen molar-refractivity contribution in [2.24, 2.45) is 5.73 Å². The average molecular weight is 229 g/mol. The van der Waals surface area contributed by atoms with Crippen molar-refractivity contribution in [1.29, 1.82) is 0 Å². The Balaban J connectivity index is 2.32. The average Bonchev–Trinajstić information content (AvgIpc) is 2.35. The highest BCUT2D eigenvalue weighted by Crippen LogP contribution is 2.12. The molecule has 92 valence electrons. The van der Waals surface area contributed by atoms with Crippen LogP contribution in [-0.4, -0.2) is 56.1 Å². The van der Waals surface area contributed by atoms with Crippen molar-refractivity contribution in [3.05, 3.63) is 0 Å². The van der Waals surface area contributed by atoms with E-state index in [-0.39, 0.29) is 31.0 Å². The molecule has 3 N–H and O–H groups in total. The number of ether oxygens (including phenoxy) is 1. The molecular weight excluding hydrogens is 210 g/mol. The highest BCUT2D eigenvalue weighted by atomic mass is 16.5. The monoisotopic (exact) mass is 229 g/mol. The van der Waals surface area contributed by atoms with E-state index in [9.17, 15) is 9.59 Å². The van der Waals surface area contributed by atoms with Crippen molar-refractivity contribution in [1.82, 2.24) is 10.2 Å². The first-order valence-corrected chi connectivity index (χ1v) is 5.44. The number of rotatable bonds is 4. The topological polar surface area (TPSA) is 84.7 Å². The van der Waals surface area contributed by atoms with Gasteiger partial charge in [-0.1, -0.05) is 0 Å². The van der Waals surface area contributed by atoms with Crippen LogP contribution in [0.2, 0.25) is 0 Å². The molecule has 1 atom stereocenters. The highest BCUT2D eigenvalue weighted by Gasteiger charge is 2.23. The summed E-state index contributed by atoms with van der Waals surface area (Å²) in [6.45, 7) is 1.27. The minimum Gasteiger partial charge on any atom is -0.380 e. The molecule has 1 saturated heterocycles. The Morgan fingerprint density at radius 3 is 2.94 bits per heavy atom. The van der Waals surface area contributed by atoms with Gasteiger partial charge in [0.05, 0.1) is 19.2 Å². The molecule has 6 heteroatoms. The quantitative estimate of drug-likeness (QED) is 0.627. The Bertz CT molecular complexity index is 258. The lowest BCUT2D eigenvalue weighted by molar-refractivity contribution is -0.135. The number of hydrogen-bond donors (Lipinski definition) is 2. The Morgan fingerprint density at radius 1 is 1.56 bits per heavy atom. The Labute approximate surface area is 95.1 Å². The smallest absolute Gasteiger partial charge is 0.242 e. The molecule has 1 unspecified atom stereocenters. The number of piperidine rings is 1. The van der Waals surface area contributed by atoms with E-state index in [1.165, 1.54) is 0 Å². The number of nitrogens with zero attached hydrogens (tertiary/aromatic N) is 1. The van der Waals surface area contributed by atoms with Gasteiger partial charge in [0.2, 0.25) is 11.8 Å². The van der Waals surface area contributed by atoms with Gasteiger partial charge in [0.1, 0.15) is 0 Å². The molecule has 6 nitrogen and oxygen atoms in total. The number of amides is 2. The Kier molecular flexibility index (Phi) is 5.21. The van der Waals surface area contributed by atoms with Crippen LogP contribution < -0.4 is 11.1 Å². The number of hydrogen-bond acceptors (Lipinski definition) is 4. The second kappa shape index (κ2) is 6.44. The molecule has 0 aromatic carbocycles. The van der Waals surface area contributed by atoms with E-state index in [2.05, 4.69) is 5.32 Å². The van der Waals surface area contributed by atoms with Crippen LogP contribution in [0, 0.1) is 0 Å². The second-order valence-corrected chi connectivity index (χ2v) is 3.82. The summed E-state index contributed by atoms with van der Waals surface area (Å²) in [5.74, 6) is -0.391. The molecule has 1 rings (SSSR count). The maximum absolute atomic E-state index is 11.7. The zero-order chi connectivity index (χ0) is 12.0. The van der Waals surface area contributed by atoms with Gasteiger partial charge in [0.25, 0.3) is 0 Å². The van der Waals surface area contributed by atoms with Crippen LogP contribution in [0.3, 0.4) is 0 Å². The van der Waals surface area contributed by atoms with Crippen molar-refractivity contribution < 1.29 is 14.3 Å². The van der Waals surface area contributed by atoms with E-state index in [0.29, 0.717) is 6.54 Å². The molecule has 1 fully saturated rings. The molecule has 0 aromatic heterocycles. The van der Waals surface area contributed by atoms with Gasteiger partial charge < -0.3 is 20.7 Å². The lowest BCUT2D eigenvalue weighted by atomic mass is 10.1. The molecule has 0 bridgehead atoms. The number of likely N-dealkylation sites (tertiary alicyclic amines) is 1. The van der Waals surface area contributed by atoms with Gasteiger partial charge in [-0.25, -0.2) is 0 Å². The first-order valence-electron chi connectivity index (χ1n) is 5.44. The SMILES string of the molecule is COC1CCCN(C(=O)CNC(=O)CN)C1. The van der Waals surface area contributed by atoms with E-state index in [1.807, 2.05) is 0 Å². The summed E-state index contributed by atoms with van der Waals surface area (Å²) in [7, 11) is 1.65. The van der Waals surface area contributed by atoms with Crippen molar-refractivity contribution in [2.75, 3.05) is 33.3 Å². The van der Waals surface area contributed by atoms with Gasteiger partial charge >= 0.3 is 0 Å². The van der Waals surface area contributed by atoms with Gasteiger partial charge in [-0.05, 0) is 12.8 Å². The summed E-state index contributed by atoms with van der Waals surface area (Å²) in [4.78, 5) is 24.3. The Hall–Kier alpha value is -1.14. The standard InChI is InChI=1S/C10H19N3O3/c1-16-8-3-2-4-13(7-8)10(15)6-12-9(14)5-11/h8H,2-7,11H2,1H3,(H,12,14). The fraction of sp³-hybridized carbons (Fsp3) is 0.800. The van der Waals surface area contributed by atoms with Gasteiger partial charge in [0, 0.05) is 20.2 Å². The predicted octanol–water partition coefficient (Wildman–Crippen LogP) is -1.30.